The van der Waals surface area contributed by atoms with Gasteiger partial charge in [0, 0.05) is 16.8 Å². The Labute approximate surface area is 116 Å². The van der Waals surface area contributed by atoms with E-state index in [1.54, 1.807) is 19.2 Å². The van der Waals surface area contributed by atoms with Gasteiger partial charge in [0.05, 0.1) is 12.3 Å². The third-order valence-corrected chi connectivity index (χ3v) is 3.11. The average Bonchev–Trinajstić information content (AvgIpc) is 2.72. The normalized spacial score (nSPS) is 10.5. The van der Waals surface area contributed by atoms with Crippen molar-refractivity contribution in [1.29, 1.82) is 0 Å². The van der Waals surface area contributed by atoms with Crippen molar-refractivity contribution in [2.45, 2.75) is 13.8 Å². The fraction of sp³-hybridized carbons (Fsp3) is 0.214. The van der Waals surface area contributed by atoms with Crippen LogP contribution in [0.3, 0.4) is 0 Å². The number of ether oxygens (including phenoxy) is 1. The van der Waals surface area contributed by atoms with Gasteiger partial charge in [-0.3, -0.25) is 0 Å². The summed E-state index contributed by atoms with van der Waals surface area (Å²) < 4.78 is 4.94. The predicted molar refractivity (Wildman–Crippen MR) is 76.3 cm³/mol. The first-order chi connectivity index (χ1) is 9.04. The molecule has 0 saturated heterocycles. The summed E-state index contributed by atoms with van der Waals surface area (Å²) in [6, 6.07) is 5.53. The first-order valence-electron chi connectivity index (χ1n) is 5.95. The summed E-state index contributed by atoms with van der Waals surface area (Å²) in [7, 11) is 0. The lowest BCUT2D eigenvalue weighted by molar-refractivity contribution is 0.0521. The molecule has 0 unspecified atom stereocenters. The minimum atomic E-state index is -0.446. The monoisotopic (exact) mass is 278 g/mol. The number of hydrogen-bond donors (Lipinski definition) is 2. The Balaban J connectivity index is 2.44. The standard InChI is InChI=1S/C14H15ClN2O2/c1-3-19-14(18)13-12(16)11(7-17-13)10-5-4-9(15)6-8(10)2/h4-7,17H,3,16H2,1-2H3. The maximum Gasteiger partial charge on any atom is 0.356 e. The number of carbonyl (C=O) groups excluding carboxylic acids is 1. The van der Waals surface area contributed by atoms with Crippen LogP contribution in [0.1, 0.15) is 23.0 Å². The largest absolute Gasteiger partial charge is 0.461 e. The quantitative estimate of drug-likeness (QED) is 0.846. The Morgan fingerprint density at radius 3 is 2.79 bits per heavy atom. The fourth-order valence-electron chi connectivity index (χ4n) is 1.96. The molecule has 0 spiro atoms. The van der Waals surface area contributed by atoms with Gasteiger partial charge in [0.2, 0.25) is 0 Å². The highest BCUT2D eigenvalue weighted by atomic mass is 35.5. The Morgan fingerprint density at radius 1 is 1.42 bits per heavy atom. The van der Waals surface area contributed by atoms with Gasteiger partial charge in [-0.1, -0.05) is 17.7 Å². The maximum atomic E-state index is 11.7. The summed E-state index contributed by atoms with van der Waals surface area (Å²) in [5.74, 6) is -0.446. The molecule has 0 amide bonds. The molecule has 19 heavy (non-hydrogen) atoms. The van der Waals surface area contributed by atoms with E-state index in [4.69, 9.17) is 22.1 Å². The molecule has 1 aromatic heterocycles. The van der Waals surface area contributed by atoms with E-state index in [2.05, 4.69) is 4.98 Å². The number of aromatic nitrogens is 1. The molecule has 1 aromatic carbocycles. The number of anilines is 1. The molecule has 0 atom stereocenters. The van der Waals surface area contributed by atoms with Crippen LogP contribution < -0.4 is 5.73 Å². The summed E-state index contributed by atoms with van der Waals surface area (Å²) >= 11 is 5.93. The molecule has 0 fully saturated rings. The van der Waals surface area contributed by atoms with Gasteiger partial charge in [-0.15, -0.1) is 0 Å². The lowest BCUT2D eigenvalue weighted by Gasteiger charge is -2.06. The van der Waals surface area contributed by atoms with Crippen LogP contribution in [-0.4, -0.2) is 17.6 Å². The molecule has 3 N–H and O–H groups in total. The summed E-state index contributed by atoms with van der Waals surface area (Å²) in [5, 5.41) is 0.668. The van der Waals surface area contributed by atoms with Crippen LogP contribution in [0.4, 0.5) is 5.69 Å². The zero-order valence-electron chi connectivity index (χ0n) is 10.8. The summed E-state index contributed by atoms with van der Waals surface area (Å²) in [6.45, 7) is 4.01. The summed E-state index contributed by atoms with van der Waals surface area (Å²) in [6.07, 6.45) is 1.71. The highest BCUT2D eigenvalue weighted by molar-refractivity contribution is 6.30. The van der Waals surface area contributed by atoms with Gasteiger partial charge in [-0.2, -0.15) is 0 Å². The maximum absolute atomic E-state index is 11.7. The fourth-order valence-corrected chi connectivity index (χ4v) is 2.19. The number of nitrogens with two attached hydrogens (primary N) is 1. The van der Waals surface area contributed by atoms with Gasteiger partial charge in [0.15, 0.2) is 0 Å². The number of benzene rings is 1. The average molecular weight is 279 g/mol. The number of carbonyl (C=O) groups is 1. The second-order valence-corrected chi connectivity index (χ2v) is 4.61. The van der Waals surface area contributed by atoms with Gasteiger partial charge in [0.1, 0.15) is 5.69 Å². The Morgan fingerprint density at radius 2 is 2.16 bits per heavy atom. The van der Waals surface area contributed by atoms with Gasteiger partial charge >= 0.3 is 5.97 Å². The predicted octanol–water partition coefficient (Wildman–Crippen LogP) is 3.40. The van der Waals surface area contributed by atoms with Crippen molar-refractivity contribution in [3.05, 3.63) is 40.7 Å². The Bertz CT molecular complexity index is 620. The minimum absolute atomic E-state index is 0.284. The summed E-state index contributed by atoms with van der Waals surface area (Å²) in [4.78, 5) is 14.6. The van der Waals surface area contributed by atoms with Crippen LogP contribution in [-0.2, 0) is 4.74 Å². The van der Waals surface area contributed by atoms with Crippen molar-refractivity contribution in [3.8, 4) is 11.1 Å². The molecule has 2 rings (SSSR count). The highest BCUT2D eigenvalue weighted by Crippen LogP contribution is 2.32. The molecular formula is C14H15ClN2O2. The van der Waals surface area contributed by atoms with E-state index in [0.29, 0.717) is 17.3 Å². The molecule has 2 aromatic rings. The minimum Gasteiger partial charge on any atom is -0.461 e. The van der Waals surface area contributed by atoms with Crippen LogP contribution in [0.15, 0.2) is 24.4 Å². The van der Waals surface area contributed by atoms with Crippen molar-refractivity contribution in [3.63, 3.8) is 0 Å². The molecule has 0 aliphatic heterocycles. The van der Waals surface area contributed by atoms with Crippen molar-refractivity contribution in [2.75, 3.05) is 12.3 Å². The number of aromatic amines is 1. The number of hydrogen-bond acceptors (Lipinski definition) is 3. The first-order valence-corrected chi connectivity index (χ1v) is 6.33. The Hall–Kier alpha value is -1.94. The van der Waals surface area contributed by atoms with Crippen molar-refractivity contribution < 1.29 is 9.53 Å². The van der Waals surface area contributed by atoms with E-state index >= 15 is 0 Å². The van der Waals surface area contributed by atoms with Crippen molar-refractivity contribution in [1.82, 2.24) is 4.98 Å². The number of esters is 1. The van der Waals surface area contributed by atoms with Crippen molar-refractivity contribution >= 4 is 23.3 Å². The van der Waals surface area contributed by atoms with Crippen molar-refractivity contribution in [2.24, 2.45) is 0 Å². The van der Waals surface area contributed by atoms with Crippen LogP contribution in [0.2, 0.25) is 5.02 Å². The molecule has 1 heterocycles. The van der Waals surface area contributed by atoms with E-state index in [1.165, 1.54) is 0 Å². The van der Waals surface area contributed by atoms with Crippen LogP contribution in [0, 0.1) is 6.92 Å². The van der Waals surface area contributed by atoms with Gasteiger partial charge in [-0.05, 0) is 37.1 Å². The smallest absolute Gasteiger partial charge is 0.356 e. The van der Waals surface area contributed by atoms with E-state index in [1.807, 2.05) is 19.1 Å². The molecule has 100 valence electrons. The first kappa shape index (κ1) is 13.5. The molecule has 0 radical (unpaired) electrons. The Kier molecular flexibility index (Phi) is 3.81. The van der Waals surface area contributed by atoms with Gasteiger partial charge in [-0.25, -0.2) is 4.79 Å². The van der Waals surface area contributed by atoms with Crippen LogP contribution in [0.25, 0.3) is 11.1 Å². The van der Waals surface area contributed by atoms with Crippen LogP contribution in [0.5, 0.6) is 0 Å². The lowest BCUT2D eigenvalue weighted by atomic mass is 10.0. The SMILES string of the molecule is CCOC(=O)c1[nH]cc(-c2ccc(Cl)cc2C)c1N. The molecule has 4 nitrogen and oxygen atoms in total. The number of halogens is 1. The third-order valence-electron chi connectivity index (χ3n) is 2.88. The van der Waals surface area contributed by atoms with E-state index < -0.39 is 5.97 Å². The van der Waals surface area contributed by atoms with Gasteiger partial charge in [0.25, 0.3) is 0 Å². The number of H-pyrrole nitrogens is 1. The molecule has 0 bridgehead atoms. The summed E-state index contributed by atoms with van der Waals surface area (Å²) in [5.41, 5.74) is 9.39. The van der Waals surface area contributed by atoms with Crippen LogP contribution >= 0.6 is 11.6 Å². The molecular weight excluding hydrogens is 264 g/mol. The molecule has 0 aliphatic rings. The third kappa shape index (κ3) is 2.58. The highest BCUT2D eigenvalue weighted by Gasteiger charge is 2.18. The molecule has 0 saturated carbocycles. The number of aryl methyl sites for hydroxylation is 1. The zero-order valence-corrected chi connectivity index (χ0v) is 11.5. The van der Waals surface area contributed by atoms with E-state index in [0.717, 1.165) is 16.7 Å². The number of nitrogens with one attached hydrogen (secondary N) is 1. The second-order valence-electron chi connectivity index (χ2n) is 4.17. The zero-order chi connectivity index (χ0) is 14.0. The van der Waals surface area contributed by atoms with Gasteiger partial charge < -0.3 is 15.5 Å². The number of nitrogen functional groups attached to an aromatic ring is 1. The van der Waals surface area contributed by atoms with E-state index in [9.17, 15) is 4.79 Å². The topological polar surface area (TPSA) is 68.1 Å². The second kappa shape index (κ2) is 5.36. The molecule has 0 aliphatic carbocycles. The van der Waals surface area contributed by atoms with E-state index in [-0.39, 0.29) is 5.69 Å². The number of rotatable bonds is 3. The molecule has 5 heteroatoms. The lowest BCUT2D eigenvalue weighted by Crippen LogP contribution is -2.07.